The van der Waals surface area contributed by atoms with E-state index in [4.69, 9.17) is 5.73 Å². The summed E-state index contributed by atoms with van der Waals surface area (Å²) in [5.74, 6) is 0. The second-order valence-corrected chi connectivity index (χ2v) is 4.61. The van der Waals surface area contributed by atoms with Crippen LogP contribution in [0.1, 0.15) is 36.4 Å². The second-order valence-electron chi connectivity index (χ2n) is 4.61. The van der Waals surface area contributed by atoms with Gasteiger partial charge in [0, 0.05) is 18.4 Å². The van der Waals surface area contributed by atoms with Crippen molar-refractivity contribution >= 4 is 0 Å². The molecule has 0 aromatic carbocycles. The molecule has 2 rings (SSSR count). The molecule has 0 aliphatic carbocycles. The molecule has 3 nitrogen and oxygen atoms in total. The lowest BCUT2D eigenvalue weighted by Gasteiger charge is -2.22. The highest BCUT2D eigenvalue weighted by Gasteiger charge is 2.24. The number of nitrogens with two attached hydrogens (primary N) is 1. The van der Waals surface area contributed by atoms with Crippen LogP contribution in [0, 0.1) is 0 Å². The Morgan fingerprint density at radius 2 is 2.44 bits per heavy atom. The summed E-state index contributed by atoms with van der Waals surface area (Å²) in [6.45, 7) is 1.97. The molecule has 0 bridgehead atoms. The monoisotopic (exact) mass is 219 g/mol. The van der Waals surface area contributed by atoms with E-state index >= 15 is 0 Å². The van der Waals surface area contributed by atoms with Crippen molar-refractivity contribution < 1.29 is 0 Å². The molecule has 1 fully saturated rings. The van der Waals surface area contributed by atoms with E-state index in [0.717, 1.165) is 19.4 Å². The largest absolute Gasteiger partial charge is 0.330 e. The number of rotatable bonds is 4. The highest BCUT2D eigenvalue weighted by Crippen LogP contribution is 2.32. The zero-order valence-electron chi connectivity index (χ0n) is 10.0. The predicted octanol–water partition coefficient (Wildman–Crippen LogP) is 1.74. The van der Waals surface area contributed by atoms with Gasteiger partial charge in [-0.1, -0.05) is 0 Å². The summed E-state index contributed by atoms with van der Waals surface area (Å²) in [5.41, 5.74) is 8.42. The van der Waals surface area contributed by atoms with Gasteiger partial charge in [0.05, 0.1) is 0 Å². The van der Waals surface area contributed by atoms with Crippen molar-refractivity contribution in [3.05, 3.63) is 29.6 Å². The molecular weight excluding hydrogens is 198 g/mol. The minimum Gasteiger partial charge on any atom is -0.330 e. The first kappa shape index (κ1) is 11.6. The first-order chi connectivity index (χ1) is 7.83. The molecule has 1 atom stereocenters. The average Bonchev–Trinajstić information content (AvgIpc) is 2.73. The molecule has 0 spiro atoms. The minimum atomic E-state index is 0.571. The molecule has 3 heteroatoms. The maximum absolute atomic E-state index is 5.58. The van der Waals surface area contributed by atoms with Crippen LogP contribution in [0.4, 0.5) is 0 Å². The standard InChI is InChI=1S/C13H21N3/c1-16-9-3-5-13(16)12-10-15-8-6-11(12)4-2-7-14/h6,8,10,13H,2-5,7,9,14H2,1H3/t13-/m0/s1. The molecule has 0 unspecified atom stereocenters. The molecule has 1 aromatic rings. The maximum atomic E-state index is 5.58. The first-order valence-corrected chi connectivity index (χ1v) is 6.16. The molecular formula is C13H21N3. The minimum absolute atomic E-state index is 0.571. The van der Waals surface area contributed by atoms with Gasteiger partial charge in [-0.15, -0.1) is 0 Å². The van der Waals surface area contributed by atoms with E-state index in [0.29, 0.717) is 6.04 Å². The Morgan fingerprint density at radius 3 is 3.12 bits per heavy atom. The van der Waals surface area contributed by atoms with Crippen LogP contribution in [-0.4, -0.2) is 30.0 Å². The molecule has 1 aliphatic heterocycles. The Morgan fingerprint density at radius 1 is 1.56 bits per heavy atom. The Labute approximate surface area is 97.7 Å². The zero-order chi connectivity index (χ0) is 11.4. The van der Waals surface area contributed by atoms with Gasteiger partial charge in [-0.05, 0) is 63.0 Å². The summed E-state index contributed by atoms with van der Waals surface area (Å²) in [5, 5.41) is 0. The molecule has 0 amide bonds. The van der Waals surface area contributed by atoms with Gasteiger partial charge in [0.2, 0.25) is 0 Å². The van der Waals surface area contributed by atoms with Crippen molar-refractivity contribution in [3.8, 4) is 0 Å². The van der Waals surface area contributed by atoms with Crippen molar-refractivity contribution in [3.63, 3.8) is 0 Å². The summed E-state index contributed by atoms with van der Waals surface area (Å²) < 4.78 is 0. The summed E-state index contributed by atoms with van der Waals surface area (Å²) in [6.07, 6.45) is 8.64. The molecule has 1 aromatic heterocycles. The Kier molecular flexibility index (Phi) is 3.91. The Hall–Kier alpha value is -0.930. The van der Waals surface area contributed by atoms with E-state index in [1.54, 1.807) is 0 Å². The lowest BCUT2D eigenvalue weighted by molar-refractivity contribution is 0.315. The average molecular weight is 219 g/mol. The van der Waals surface area contributed by atoms with Gasteiger partial charge < -0.3 is 5.73 Å². The van der Waals surface area contributed by atoms with E-state index < -0.39 is 0 Å². The zero-order valence-corrected chi connectivity index (χ0v) is 10.0. The van der Waals surface area contributed by atoms with Crippen LogP contribution < -0.4 is 5.73 Å². The van der Waals surface area contributed by atoms with Crippen molar-refractivity contribution in [1.29, 1.82) is 0 Å². The maximum Gasteiger partial charge on any atom is 0.0363 e. The normalized spacial score (nSPS) is 21.5. The third kappa shape index (κ3) is 2.42. The summed E-state index contributed by atoms with van der Waals surface area (Å²) in [4.78, 5) is 6.71. The van der Waals surface area contributed by atoms with Gasteiger partial charge >= 0.3 is 0 Å². The van der Waals surface area contributed by atoms with Gasteiger partial charge in [-0.3, -0.25) is 9.88 Å². The van der Waals surface area contributed by atoms with Crippen molar-refractivity contribution in [2.24, 2.45) is 5.73 Å². The number of aromatic nitrogens is 1. The van der Waals surface area contributed by atoms with Crippen molar-refractivity contribution in [2.45, 2.75) is 31.7 Å². The summed E-state index contributed by atoms with van der Waals surface area (Å²) >= 11 is 0. The third-order valence-corrected chi connectivity index (χ3v) is 3.48. The van der Waals surface area contributed by atoms with Crippen LogP contribution in [0.3, 0.4) is 0 Å². The lowest BCUT2D eigenvalue weighted by atomic mass is 9.98. The number of hydrogen-bond donors (Lipinski definition) is 1. The van der Waals surface area contributed by atoms with Crippen molar-refractivity contribution in [1.82, 2.24) is 9.88 Å². The van der Waals surface area contributed by atoms with Gasteiger partial charge in [0.15, 0.2) is 0 Å². The quantitative estimate of drug-likeness (QED) is 0.838. The van der Waals surface area contributed by atoms with Gasteiger partial charge in [0.25, 0.3) is 0 Å². The fourth-order valence-electron chi connectivity index (χ4n) is 2.56. The smallest absolute Gasteiger partial charge is 0.0363 e. The molecule has 88 valence electrons. The van der Waals surface area contributed by atoms with E-state index in [1.807, 2.05) is 12.4 Å². The SMILES string of the molecule is CN1CCC[C@H]1c1cnccc1CCCN. The third-order valence-electron chi connectivity index (χ3n) is 3.48. The highest BCUT2D eigenvalue weighted by atomic mass is 15.1. The number of likely N-dealkylation sites (tertiary alicyclic amines) is 1. The van der Waals surface area contributed by atoms with Crippen LogP contribution in [0.2, 0.25) is 0 Å². The van der Waals surface area contributed by atoms with E-state index in [9.17, 15) is 0 Å². The lowest BCUT2D eigenvalue weighted by Crippen LogP contribution is -2.19. The van der Waals surface area contributed by atoms with Gasteiger partial charge in [-0.2, -0.15) is 0 Å². The fourth-order valence-corrected chi connectivity index (χ4v) is 2.56. The molecule has 1 aliphatic rings. The van der Waals surface area contributed by atoms with Gasteiger partial charge in [-0.25, -0.2) is 0 Å². The Balaban J connectivity index is 2.18. The van der Waals surface area contributed by atoms with Crippen LogP contribution in [0.15, 0.2) is 18.5 Å². The molecule has 16 heavy (non-hydrogen) atoms. The number of hydrogen-bond acceptors (Lipinski definition) is 3. The van der Waals surface area contributed by atoms with Crippen LogP contribution in [-0.2, 0) is 6.42 Å². The summed E-state index contributed by atoms with van der Waals surface area (Å²) in [7, 11) is 2.21. The number of nitrogens with zero attached hydrogens (tertiary/aromatic N) is 2. The van der Waals surface area contributed by atoms with Gasteiger partial charge in [0.1, 0.15) is 0 Å². The molecule has 0 saturated carbocycles. The molecule has 2 N–H and O–H groups in total. The highest BCUT2D eigenvalue weighted by molar-refractivity contribution is 5.27. The molecule has 0 radical (unpaired) electrons. The molecule has 1 saturated heterocycles. The topological polar surface area (TPSA) is 42.2 Å². The van der Waals surface area contributed by atoms with Crippen molar-refractivity contribution in [2.75, 3.05) is 20.1 Å². The fraction of sp³-hybridized carbons (Fsp3) is 0.615. The second kappa shape index (κ2) is 5.41. The van der Waals surface area contributed by atoms with E-state index in [2.05, 4.69) is 23.0 Å². The Bertz CT molecular complexity index is 338. The number of pyridine rings is 1. The first-order valence-electron chi connectivity index (χ1n) is 6.16. The van der Waals surface area contributed by atoms with Crippen LogP contribution in [0.5, 0.6) is 0 Å². The summed E-state index contributed by atoms with van der Waals surface area (Å²) in [6, 6.07) is 2.72. The number of aryl methyl sites for hydroxylation is 1. The van der Waals surface area contributed by atoms with Crippen LogP contribution >= 0.6 is 0 Å². The molecule has 2 heterocycles. The van der Waals surface area contributed by atoms with E-state index in [1.165, 1.54) is 30.5 Å². The predicted molar refractivity (Wildman–Crippen MR) is 66.2 cm³/mol. The van der Waals surface area contributed by atoms with Crippen LogP contribution in [0.25, 0.3) is 0 Å². The van der Waals surface area contributed by atoms with E-state index in [-0.39, 0.29) is 0 Å².